The molecule has 0 aliphatic rings. The first kappa shape index (κ1) is 14.7. The molecule has 0 aromatic heterocycles. The van der Waals surface area contributed by atoms with Gasteiger partial charge in [-0.1, -0.05) is 22.9 Å². The van der Waals surface area contributed by atoms with Gasteiger partial charge in [0.2, 0.25) is 0 Å². The van der Waals surface area contributed by atoms with Gasteiger partial charge in [0.05, 0.1) is 5.56 Å². The molecule has 98 valence electrons. The smallest absolute Gasteiger partial charge is 0.257 e. The van der Waals surface area contributed by atoms with Crippen LogP contribution in [0.1, 0.15) is 30.6 Å². The van der Waals surface area contributed by atoms with E-state index < -0.39 is 0 Å². The number of nitrogens with one attached hydrogen (secondary N) is 1. The molecular weight excluding hydrogens is 298 g/mol. The van der Waals surface area contributed by atoms with Gasteiger partial charge in [0, 0.05) is 11.0 Å². The monoisotopic (exact) mass is 313 g/mol. The maximum atomic E-state index is 11.4. The van der Waals surface area contributed by atoms with Crippen LogP contribution in [-0.4, -0.2) is 24.8 Å². The summed E-state index contributed by atoms with van der Waals surface area (Å²) in [5, 5.41) is 2.70. The Balaban J connectivity index is 2.67. The van der Waals surface area contributed by atoms with Crippen LogP contribution in [0.25, 0.3) is 0 Å². The Bertz CT molecular complexity index is 446. The van der Waals surface area contributed by atoms with Crippen LogP contribution in [0.3, 0.4) is 0 Å². The van der Waals surface area contributed by atoms with Crippen LogP contribution >= 0.6 is 15.9 Å². The molecule has 0 heterocycles. The zero-order chi connectivity index (χ0) is 13.5. The lowest BCUT2D eigenvalue weighted by Crippen LogP contribution is -2.29. The van der Waals surface area contributed by atoms with Crippen molar-refractivity contribution in [2.45, 2.75) is 20.3 Å². The van der Waals surface area contributed by atoms with E-state index in [1.807, 2.05) is 6.92 Å². The minimum Gasteiger partial charge on any atom is -0.483 e. The predicted molar refractivity (Wildman–Crippen MR) is 72.9 cm³/mol. The van der Waals surface area contributed by atoms with Gasteiger partial charge in [-0.2, -0.15) is 0 Å². The third-order valence-corrected chi connectivity index (χ3v) is 2.75. The molecule has 0 bridgehead atoms. The first-order chi connectivity index (χ1) is 8.54. The van der Waals surface area contributed by atoms with Crippen molar-refractivity contribution < 1.29 is 14.3 Å². The molecule has 18 heavy (non-hydrogen) atoms. The number of rotatable bonds is 6. The topological polar surface area (TPSA) is 55.4 Å². The van der Waals surface area contributed by atoms with Gasteiger partial charge in [0.15, 0.2) is 12.4 Å². The Hall–Kier alpha value is -1.36. The summed E-state index contributed by atoms with van der Waals surface area (Å²) in [5.74, 6) is 0.145. The number of hydrogen-bond acceptors (Lipinski definition) is 3. The molecule has 1 aromatic carbocycles. The summed E-state index contributed by atoms with van der Waals surface area (Å²) in [6, 6.07) is 5.13. The van der Waals surface area contributed by atoms with E-state index in [0.29, 0.717) is 17.9 Å². The molecule has 1 amide bonds. The highest BCUT2D eigenvalue weighted by Crippen LogP contribution is 2.23. The minimum atomic E-state index is -0.186. The van der Waals surface area contributed by atoms with Gasteiger partial charge in [0.1, 0.15) is 5.75 Å². The van der Waals surface area contributed by atoms with Gasteiger partial charge in [-0.05, 0) is 31.5 Å². The quantitative estimate of drug-likeness (QED) is 0.821. The first-order valence-electron chi connectivity index (χ1n) is 5.74. The fourth-order valence-electron chi connectivity index (χ4n) is 1.36. The number of carbonyl (C=O) groups excluding carboxylic acids is 2. The normalized spacial score (nSPS) is 9.94. The Morgan fingerprint density at radius 1 is 1.39 bits per heavy atom. The van der Waals surface area contributed by atoms with Crippen molar-refractivity contribution in [3.8, 4) is 5.75 Å². The van der Waals surface area contributed by atoms with E-state index in [1.54, 1.807) is 18.2 Å². The lowest BCUT2D eigenvalue weighted by molar-refractivity contribution is -0.123. The van der Waals surface area contributed by atoms with E-state index in [2.05, 4.69) is 21.2 Å². The second-order valence-corrected chi connectivity index (χ2v) is 4.75. The zero-order valence-corrected chi connectivity index (χ0v) is 12.0. The van der Waals surface area contributed by atoms with Crippen LogP contribution in [-0.2, 0) is 4.79 Å². The van der Waals surface area contributed by atoms with Crippen molar-refractivity contribution in [3.63, 3.8) is 0 Å². The molecule has 0 saturated carbocycles. The van der Waals surface area contributed by atoms with Gasteiger partial charge >= 0.3 is 0 Å². The molecule has 1 N–H and O–H groups in total. The summed E-state index contributed by atoms with van der Waals surface area (Å²) in [6.45, 7) is 3.99. The number of Topliss-reactive ketones (excluding diaryl/α,β-unsaturated/α-hetero) is 1. The molecule has 1 aromatic rings. The second-order valence-electron chi connectivity index (χ2n) is 3.84. The second kappa shape index (κ2) is 7.16. The zero-order valence-electron chi connectivity index (χ0n) is 10.5. The summed E-state index contributed by atoms with van der Waals surface area (Å²) in [5.41, 5.74) is 0.465. The van der Waals surface area contributed by atoms with Crippen LogP contribution in [0.2, 0.25) is 0 Å². The first-order valence-corrected chi connectivity index (χ1v) is 6.54. The highest BCUT2D eigenvalue weighted by atomic mass is 79.9. The molecule has 1 rings (SSSR count). The van der Waals surface area contributed by atoms with E-state index in [0.717, 1.165) is 10.9 Å². The molecule has 0 aliphatic carbocycles. The molecule has 0 saturated heterocycles. The fourth-order valence-corrected chi connectivity index (χ4v) is 1.72. The number of ketones is 1. The number of ether oxygens (including phenoxy) is 1. The average molecular weight is 314 g/mol. The Kier molecular flexibility index (Phi) is 5.85. The van der Waals surface area contributed by atoms with Gasteiger partial charge in [-0.3, -0.25) is 9.59 Å². The lowest BCUT2D eigenvalue weighted by atomic mass is 10.1. The van der Waals surface area contributed by atoms with E-state index in [9.17, 15) is 9.59 Å². The van der Waals surface area contributed by atoms with Crippen LogP contribution in [0.5, 0.6) is 5.75 Å². The third-order valence-electron chi connectivity index (χ3n) is 2.25. The number of halogens is 1. The van der Waals surface area contributed by atoms with Crippen LogP contribution < -0.4 is 10.1 Å². The number of carbonyl (C=O) groups is 2. The Labute approximate surface area is 115 Å². The highest BCUT2D eigenvalue weighted by Gasteiger charge is 2.10. The molecule has 0 aliphatic heterocycles. The minimum absolute atomic E-state index is 0.0814. The van der Waals surface area contributed by atoms with Crippen molar-refractivity contribution in [2.75, 3.05) is 13.2 Å². The van der Waals surface area contributed by atoms with Crippen molar-refractivity contribution in [3.05, 3.63) is 28.2 Å². The number of benzene rings is 1. The van der Waals surface area contributed by atoms with Gasteiger partial charge in [0.25, 0.3) is 5.91 Å². The fraction of sp³-hybridized carbons (Fsp3) is 0.385. The van der Waals surface area contributed by atoms with Crippen LogP contribution in [0.15, 0.2) is 22.7 Å². The number of hydrogen-bond donors (Lipinski definition) is 1. The summed E-state index contributed by atoms with van der Waals surface area (Å²) in [4.78, 5) is 22.8. The SMILES string of the molecule is CCCNC(=O)COc1ccc(Br)cc1C(C)=O. The van der Waals surface area contributed by atoms with Crippen LogP contribution in [0.4, 0.5) is 0 Å². The molecule has 0 unspecified atom stereocenters. The average Bonchev–Trinajstić information content (AvgIpc) is 2.34. The summed E-state index contributed by atoms with van der Waals surface area (Å²) in [6.07, 6.45) is 0.878. The molecule has 0 radical (unpaired) electrons. The summed E-state index contributed by atoms with van der Waals surface area (Å²) >= 11 is 3.29. The standard InChI is InChI=1S/C13H16BrNO3/c1-3-6-15-13(17)8-18-12-5-4-10(14)7-11(12)9(2)16/h4-5,7H,3,6,8H2,1-2H3,(H,15,17). The van der Waals surface area contributed by atoms with E-state index in [4.69, 9.17) is 4.74 Å². The van der Waals surface area contributed by atoms with Crippen molar-refractivity contribution in [1.82, 2.24) is 5.32 Å². The van der Waals surface area contributed by atoms with Crippen molar-refractivity contribution in [1.29, 1.82) is 0 Å². The Morgan fingerprint density at radius 3 is 2.72 bits per heavy atom. The summed E-state index contributed by atoms with van der Waals surface area (Å²) < 4.78 is 6.16. The van der Waals surface area contributed by atoms with Crippen LogP contribution in [0, 0.1) is 0 Å². The molecule has 0 fully saturated rings. The molecule has 5 heteroatoms. The van der Waals surface area contributed by atoms with E-state index in [1.165, 1.54) is 6.92 Å². The molecule has 4 nitrogen and oxygen atoms in total. The number of amides is 1. The van der Waals surface area contributed by atoms with Gasteiger partial charge < -0.3 is 10.1 Å². The lowest BCUT2D eigenvalue weighted by Gasteiger charge is -2.10. The highest BCUT2D eigenvalue weighted by molar-refractivity contribution is 9.10. The molecular formula is C13H16BrNO3. The predicted octanol–water partition coefficient (Wildman–Crippen LogP) is 2.56. The molecule has 0 atom stereocenters. The van der Waals surface area contributed by atoms with Gasteiger partial charge in [-0.25, -0.2) is 0 Å². The van der Waals surface area contributed by atoms with E-state index >= 15 is 0 Å². The van der Waals surface area contributed by atoms with Crippen molar-refractivity contribution in [2.24, 2.45) is 0 Å². The summed E-state index contributed by atoms with van der Waals surface area (Å²) in [7, 11) is 0. The largest absolute Gasteiger partial charge is 0.483 e. The third kappa shape index (κ3) is 4.49. The van der Waals surface area contributed by atoms with Gasteiger partial charge in [-0.15, -0.1) is 0 Å². The maximum absolute atomic E-state index is 11.4. The Morgan fingerprint density at radius 2 is 2.11 bits per heavy atom. The maximum Gasteiger partial charge on any atom is 0.257 e. The van der Waals surface area contributed by atoms with E-state index in [-0.39, 0.29) is 18.3 Å². The molecule has 0 spiro atoms. The van der Waals surface area contributed by atoms with Crippen molar-refractivity contribution >= 4 is 27.6 Å².